The molecule has 1 aliphatic rings. The van der Waals surface area contributed by atoms with E-state index in [1.807, 2.05) is 49.8 Å². The summed E-state index contributed by atoms with van der Waals surface area (Å²) in [5.74, 6) is 0.287. The van der Waals surface area contributed by atoms with E-state index in [2.05, 4.69) is 0 Å². The van der Waals surface area contributed by atoms with Gasteiger partial charge in [0.2, 0.25) is 10.0 Å². The molecule has 1 heterocycles. The molecule has 0 radical (unpaired) electrons. The van der Waals surface area contributed by atoms with E-state index in [1.54, 1.807) is 6.07 Å². The molecule has 170 valence electrons. The van der Waals surface area contributed by atoms with Gasteiger partial charge >= 0.3 is 0 Å². The number of anilines is 1. The highest BCUT2D eigenvalue weighted by molar-refractivity contribution is 7.89. The van der Waals surface area contributed by atoms with Gasteiger partial charge in [0, 0.05) is 45.3 Å². The third kappa shape index (κ3) is 6.37. The summed E-state index contributed by atoms with van der Waals surface area (Å²) < 4.78 is 27.6. The van der Waals surface area contributed by atoms with Crippen molar-refractivity contribution in [2.75, 3.05) is 72.4 Å². The first-order chi connectivity index (χ1) is 14.0. The molecule has 0 spiro atoms. The number of sulfonamides is 1. The second kappa shape index (κ2) is 10.5. The third-order valence-electron chi connectivity index (χ3n) is 5.38. The summed E-state index contributed by atoms with van der Waals surface area (Å²) in [5.41, 5.74) is 0.285. The van der Waals surface area contributed by atoms with Crippen molar-refractivity contribution in [3.05, 3.63) is 28.3 Å². The summed E-state index contributed by atoms with van der Waals surface area (Å²) in [6.45, 7) is 5.62. The van der Waals surface area contributed by atoms with Gasteiger partial charge in [-0.1, -0.05) is 6.92 Å². The van der Waals surface area contributed by atoms with Gasteiger partial charge in [0.15, 0.2) is 0 Å². The molecular weight excluding hydrogens is 406 g/mol. The molecule has 0 saturated carbocycles. The van der Waals surface area contributed by atoms with E-state index >= 15 is 0 Å². The normalized spacial score (nSPS) is 18.2. The van der Waals surface area contributed by atoms with E-state index in [4.69, 9.17) is 0 Å². The maximum Gasteiger partial charge on any atom is 0.293 e. The van der Waals surface area contributed by atoms with Gasteiger partial charge in [0.05, 0.1) is 9.82 Å². The predicted octanol–water partition coefficient (Wildman–Crippen LogP) is 1.95. The van der Waals surface area contributed by atoms with Crippen molar-refractivity contribution in [2.45, 2.75) is 24.7 Å². The van der Waals surface area contributed by atoms with Gasteiger partial charge in [-0.15, -0.1) is 0 Å². The fraction of sp³-hybridized carbons (Fsp3) is 0.700. The summed E-state index contributed by atoms with van der Waals surface area (Å²) in [7, 11) is 4.06. The number of nitro groups is 1. The standard InChI is InChI=1S/C20H35N5O4S/c1-17-7-6-10-24(16-17)30(28,29)18-8-9-19(20(15-18)25(26)27)23(13-11-21(2)3)14-12-22(4)5/h8-9,15,17H,6-7,10-14,16H2,1-5H3. The Morgan fingerprint density at radius 3 is 2.20 bits per heavy atom. The summed E-state index contributed by atoms with van der Waals surface area (Å²) in [4.78, 5) is 17.4. The first-order valence-corrected chi connectivity index (χ1v) is 11.8. The van der Waals surface area contributed by atoms with Crippen LogP contribution in [0.15, 0.2) is 23.1 Å². The third-order valence-corrected chi connectivity index (χ3v) is 7.24. The van der Waals surface area contributed by atoms with Crippen LogP contribution in [-0.4, -0.2) is 94.9 Å². The molecule has 1 atom stereocenters. The number of likely N-dealkylation sites (N-methyl/N-ethyl adjacent to an activating group) is 2. The number of rotatable bonds is 10. The average molecular weight is 442 g/mol. The van der Waals surface area contributed by atoms with Crippen molar-refractivity contribution < 1.29 is 13.3 Å². The number of nitro benzene ring substituents is 1. The van der Waals surface area contributed by atoms with Crippen molar-refractivity contribution in [3.8, 4) is 0 Å². The van der Waals surface area contributed by atoms with Crippen LogP contribution in [0.1, 0.15) is 19.8 Å². The topological polar surface area (TPSA) is 90.2 Å². The van der Waals surface area contributed by atoms with Crippen LogP contribution in [0.3, 0.4) is 0 Å². The Bertz CT molecular complexity index is 816. The van der Waals surface area contributed by atoms with Crippen LogP contribution in [0.5, 0.6) is 0 Å². The second-order valence-corrected chi connectivity index (χ2v) is 10.5. The number of hydrogen-bond donors (Lipinski definition) is 0. The van der Waals surface area contributed by atoms with Crippen molar-refractivity contribution in [2.24, 2.45) is 5.92 Å². The molecule has 0 aromatic heterocycles. The van der Waals surface area contributed by atoms with E-state index in [0.29, 0.717) is 31.9 Å². The quantitative estimate of drug-likeness (QED) is 0.405. The minimum Gasteiger partial charge on any atom is -0.363 e. The highest BCUT2D eigenvalue weighted by Crippen LogP contribution is 2.33. The molecule has 1 aromatic carbocycles. The lowest BCUT2D eigenvalue weighted by atomic mass is 10.0. The lowest BCUT2D eigenvalue weighted by Gasteiger charge is -2.30. The number of nitrogens with zero attached hydrogens (tertiary/aromatic N) is 5. The van der Waals surface area contributed by atoms with E-state index in [0.717, 1.165) is 25.9 Å². The Morgan fingerprint density at radius 2 is 1.70 bits per heavy atom. The summed E-state index contributed by atoms with van der Waals surface area (Å²) in [6.07, 6.45) is 1.81. The zero-order valence-corrected chi connectivity index (χ0v) is 19.6. The molecule has 0 bridgehead atoms. The van der Waals surface area contributed by atoms with Gasteiger partial charge in [-0.3, -0.25) is 10.1 Å². The Morgan fingerprint density at radius 1 is 1.10 bits per heavy atom. The van der Waals surface area contributed by atoms with E-state index < -0.39 is 14.9 Å². The zero-order valence-electron chi connectivity index (χ0n) is 18.7. The molecule has 2 rings (SSSR count). The molecule has 10 heteroatoms. The molecule has 0 aliphatic carbocycles. The van der Waals surface area contributed by atoms with Gasteiger partial charge in [-0.05, 0) is 59.1 Å². The van der Waals surface area contributed by atoms with E-state index in [1.165, 1.54) is 16.4 Å². The lowest BCUT2D eigenvalue weighted by molar-refractivity contribution is -0.384. The van der Waals surface area contributed by atoms with Crippen LogP contribution in [0.4, 0.5) is 11.4 Å². The van der Waals surface area contributed by atoms with Crippen LogP contribution in [0, 0.1) is 16.0 Å². The largest absolute Gasteiger partial charge is 0.363 e. The van der Waals surface area contributed by atoms with Crippen LogP contribution in [-0.2, 0) is 10.0 Å². The first-order valence-electron chi connectivity index (χ1n) is 10.4. The molecule has 30 heavy (non-hydrogen) atoms. The zero-order chi connectivity index (χ0) is 22.5. The van der Waals surface area contributed by atoms with E-state index in [-0.39, 0.29) is 16.5 Å². The molecule has 1 aromatic rings. The Kier molecular flexibility index (Phi) is 8.60. The van der Waals surface area contributed by atoms with Crippen molar-refractivity contribution in [1.82, 2.24) is 14.1 Å². The highest BCUT2D eigenvalue weighted by atomic mass is 32.2. The van der Waals surface area contributed by atoms with Crippen molar-refractivity contribution in [3.63, 3.8) is 0 Å². The molecule has 9 nitrogen and oxygen atoms in total. The molecule has 1 saturated heterocycles. The van der Waals surface area contributed by atoms with Gasteiger partial charge < -0.3 is 14.7 Å². The van der Waals surface area contributed by atoms with Crippen molar-refractivity contribution >= 4 is 21.4 Å². The molecule has 1 aliphatic heterocycles. The van der Waals surface area contributed by atoms with Gasteiger partial charge in [0.25, 0.3) is 5.69 Å². The Labute approximate surface area is 180 Å². The lowest BCUT2D eigenvalue weighted by Crippen LogP contribution is -2.39. The summed E-state index contributed by atoms with van der Waals surface area (Å²) >= 11 is 0. The van der Waals surface area contributed by atoms with E-state index in [9.17, 15) is 18.5 Å². The van der Waals surface area contributed by atoms with Gasteiger partial charge in [-0.2, -0.15) is 4.31 Å². The Hall–Kier alpha value is -1.75. The number of piperidine rings is 1. The predicted molar refractivity (Wildman–Crippen MR) is 120 cm³/mol. The molecule has 1 fully saturated rings. The van der Waals surface area contributed by atoms with Crippen LogP contribution >= 0.6 is 0 Å². The molecular formula is C20H35N5O4S. The fourth-order valence-electron chi connectivity index (χ4n) is 3.59. The molecule has 0 N–H and O–H groups in total. The monoisotopic (exact) mass is 441 g/mol. The van der Waals surface area contributed by atoms with Gasteiger partial charge in [0.1, 0.15) is 5.69 Å². The second-order valence-electron chi connectivity index (χ2n) is 8.61. The van der Waals surface area contributed by atoms with Crippen LogP contribution in [0.25, 0.3) is 0 Å². The Balaban J connectivity index is 2.39. The summed E-state index contributed by atoms with van der Waals surface area (Å²) in [5, 5.41) is 11.9. The average Bonchev–Trinajstić information content (AvgIpc) is 2.67. The molecule has 1 unspecified atom stereocenters. The SMILES string of the molecule is CC1CCCN(S(=O)(=O)c2ccc(N(CCN(C)C)CCN(C)C)c([N+](=O)[O-])c2)C1. The van der Waals surface area contributed by atoms with Crippen LogP contribution in [0.2, 0.25) is 0 Å². The number of benzene rings is 1. The number of hydrogen-bond acceptors (Lipinski definition) is 7. The molecule has 0 amide bonds. The minimum absolute atomic E-state index is 0.00720. The smallest absolute Gasteiger partial charge is 0.293 e. The highest BCUT2D eigenvalue weighted by Gasteiger charge is 2.31. The van der Waals surface area contributed by atoms with Gasteiger partial charge in [-0.25, -0.2) is 8.42 Å². The maximum absolute atomic E-state index is 13.1. The summed E-state index contributed by atoms with van der Waals surface area (Å²) in [6, 6.07) is 4.32. The van der Waals surface area contributed by atoms with Crippen molar-refractivity contribution in [1.29, 1.82) is 0 Å². The minimum atomic E-state index is -3.75. The van der Waals surface area contributed by atoms with Crippen LogP contribution < -0.4 is 4.90 Å². The first kappa shape index (κ1) is 24.5. The fourth-order valence-corrected chi connectivity index (χ4v) is 5.20. The maximum atomic E-state index is 13.1.